The van der Waals surface area contributed by atoms with E-state index in [1.807, 2.05) is 6.07 Å². The van der Waals surface area contributed by atoms with Crippen molar-refractivity contribution in [1.29, 1.82) is 0 Å². The molecule has 0 aliphatic rings. The third-order valence-electron chi connectivity index (χ3n) is 3.71. The number of aromatic nitrogens is 2. The topological polar surface area (TPSA) is 79.0 Å². The summed E-state index contributed by atoms with van der Waals surface area (Å²) in [5, 5.41) is 12.0. The zero-order chi connectivity index (χ0) is 18.7. The summed E-state index contributed by atoms with van der Waals surface area (Å²) in [6.07, 6.45) is 0. The standard InChI is InChI=1S/C18H16F2N4O2/c1-10-16(17(24-23-10)11-4-3-5-13(8-11)26-2)22-18(25)21-15-7-6-12(19)9-14(15)20/h3-9H,1-2H3,(H,23,24)(H2,21,22,25). The molecule has 1 aromatic heterocycles. The van der Waals surface area contributed by atoms with Gasteiger partial charge < -0.3 is 15.4 Å². The molecule has 134 valence electrons. The number of urea groups is 1. The molecule has 0 saturated heterocycles. The molecule has 26 heavy (non-hydrogen) atoms. The maximum Gasteiger partial charge on any atom is 0.323 e. The van der Waals surface area contributed by atoms with Crippen molar-refractivity contribution in [2.75, 3.05) is 17.7 Å². The molecule has 0 atom stereocenters. The fourth-order valence-electron chi connectivity index (χ4n) is 2.42. The highest BCUT2D eigenvalue weighted by Gasteiger charge is 2.16. The second-order valence-electron chi connectivity index (χ2n) is 5.51. The molecular weight excluding hydrogens is 342 g/mol. The molecule has 0 radical (unpaired) electrons. The minimum atomic E-state index is -0.864. The molecule has 0 aliphatic heterocycles. The van der Waals surface area contributed by atoms with Crippen LogP contribution >= 0.6 is 0 Å². The van der Waals surface area contributed by atoms with Gasteiger partial charge in [0.25, 0.3) is 0 Å². The number of amides is 2. The van der Waals surface area contributed by atoms with Gasteiger partial charge in [0.1, 0.15) is 23.1 Å². The van der Waals surface area contributed by atoms with Gasteiger partial charge in [-0.15, -0.1) is 0 Å². The maximum atomic E-state index is 13.7. The number of hydrogen-bond acceptors (Lipinski definition) is 3. The molecule has 2 amide bonds. The third-order valence-corrected chi connectivity index (χ3v) is 3.71. The van der Waals surface area contributed by atoms with E-state index in [0.717, 1.165) is 17.7 Å². The zero-order valence-electron chi connectivity index (χ0n) is 14.1. The van der Waals surface area contributed by atoms with Gasteiger partial charge in [0.15, 0.2) is 0 Å². The normalized spacial score (nSPS) is 10.5. The van der Waals surface area contributed by atoms with Crippen molar-refractivity contribution < 1.29 is 18.3 Å². The van der Waals surface area contributed by atoms with Crippen LogP contribution in [-0.4, -0.2) is 23.3 Å². The maximum absolute atomic E-state index is 13.7. The molecule has 3 N–H and O–H groups in total. The van der Waals surface area contributed by atoms with Crippen molar-refractivity contribution in [3.8, 4) is 17.0 Å². The van der Waals surface area contributed by atoms with Crippen molar-refractivity contribution >= 4 is 17.4 Å². The van der Waals surface area contributed by atoms with Crippen LogP contribution in [0.2, 0.25) is 0 Å². The summed E-state index contributed by atoms with van der Waals surface area (Å²) >= 11 is 0. The van der Waals surface area contributed by atoms with Crippen molar-refractivity contribution in [2.45, 2.75) is 6.92 Å². The summed E-state index contributed by atoms with van der Waals surface area (Å²) in [6, 6.07) is 9.42. The molecule has 3 aromatic rings. The Morgan fingerprint density at radius 1 is 1.15 bits per heavy atom. The second-order valence-corrected chi connectivity index (χ2v) is 5.51. The molecule has 0 spiro atoms. The lowest BCUT2D eigenvalue weighted by Crippen LogP contribution is -2.20. The van der Waals surface area contributed by atoms with Gasteiger partial charge in [0, 0.05) is 11.6 Å². The summed E-state index contributed by atoms with van der Waals surface area (Å²) in [4.78, 5) is 12.2. The van der Waals surface area contributed by atoms with Crippen LogP contribution in [0.4, 0.5) is 25.0 Å². The van der Waals surface area contributed by atoms with Crippen molar-refractivity contribution in [3.63, 3.8) is 0 Å². The molecule has 3 rings (SSSR count). The quantitative estimate of drug-likeness (QED) is 0.650. The Hall–Kier alpha value is -3.42. The lowest BCUT2D eigenvalue weighted by Gasteiger charge is -2.10. The lowest BCUT2D eigenvalue weighted by molar-refractivity contribution is 0.262. The van der Waals surface area contributed by atoms with Gasteiger partial charge in [0.05, 0.1) is 24.2 Å². The van der Waals surface area contributed by atoms with Crippen LogP contribution in [0.1, 0.15) is 5.69 Å². The van der Waals surface area contributed by atoms with Crippen LogP contribution < -0.4 is 15.4 Å². The smallest absolute Gasteiger partial charge is 0.323 e. The summed E-state index contributed by atoms with van der Waals surface area (Å²) in [6.45, 7) is 1.74. The number of halogens is 2. The highest BCUT2D eigenvalue weighted by atomic mass is 19.1. The Kier molecular flexibility index (Phi) is 4.83. The second kappa shape index (κ2) is 7.22. The average Bonchev–Trinajstić information content (AvgIpc) is 2.98. The van der Waals surface area contributed by atoms with Crippen LogP contribution in [0.25, 0.3) is 11.3 Å². The number of aromatic amines is 1. The van der Waals surface area contributed by atoms with E-state index in [1.54, 1.807) is 32.2 Å². The van der Waals surface area contributed by atoms with E-state index in [4.69, 9.17) is 4.74 Å². The first-order valence-electron chi connectivity index (χ1n) is 7.70. The molecule has 0 aliphatic carbocycles. The number of nitrogens with zero attached hydrogens (tertiary/aromatic N) is 1. The Morgan fingerprint density at radius 3 is 2.69 bits per heavy atom. The predicted octanol–water partition coefficient (Wildman–Crippen LogP) is 4.32. The van der Waals surface area contributed by atoms with Gasteiger partial charge in [-0.05, 0) is 31.2 Å². The van der Waals surface area contributed by atoms with Gasteiger partial charge in [-0.1, -0.05) is 12.1 Å². The van der Waals surface area contributed by atoms with E-state index in [-0.39, 0.29) is 5.69 Å². The molecule has 0 saturated carbocycles. The molecule has 0 unspecified atom stereocenters. The van der Waals surface area contributed by atoms with Crippen LogP contribution in [0, 0.1) is 18.6 Å². The predicted molar refractivity (Wildman–Crippen MR) is 94.3 cm³/mol. The minimum absolute atomic E-state index is 0.132. The van der Waals surface area contributed by atoms with E-state index in [1.165, 1.54) is 0 Å². The number of rotatable bonds is 4. The number of H-pyrrole nitrogens is 1. The number of carbonyl (C=O) groups is 1. The van der Waals surface area contributed by atoms with E-state index >= 15 is 0 Å². The first-order valence-corrected chi connectivity index (χ1v) is 7.70. The monoisotopic (exact) mass is 358 g/mol. The Balaban J connectivity index is 1.83. The largest absolute Gasteiger partial charge is 0.497 e. The Labute approximate surface area is 148 Å². The first kappa shape index (κ1) is 17.4. The molecule has 6 nitrogen and oxygen atoms in total. The minimum Gasteiger partial charge on any atom is -0.497 e. The zero-order valence-corrected chi connectivity index (χ0v) is 14.1. The van der Waals surface area contributed by atoms with Gasteiger partial charge in [0.2, 0.25) is 0 Å². The van der Waals surface area contributed by atoms with Crippen molar-refractivity contribution in [2.24, 2.45) is 0 Å². The number of ether oxygens (including phenoxy) is 1. The first-order chi connectivity index (χ1) is 12.5. The van der Waals surface area contributed by atoms with Crippen LogP contribution in [0.3, 0.4) is 0 Å². The van der Waals surface area contributed by atoms with Gasteiger partial charge in [-0.2, -0.15) is 5.10 Å². The number of hydrogen-bond donors (Lipinski definition) is 3. The summed E-state index contributed by atoms with van der Waals surface area (Å²) in [5.41, 5.74) is 2.18. The van der Waals surface area contributed by atoms with Crippen molar-refractivity contribution in [1.82, 2.24) is 10.2 Å². The number of benzene rings is 2. The Morgan fingerprint density at radius 2 is 1.96 bits per heavy atom. The molecule has 1 heterocycles. The van der Waals surface area contributed by atoms with E-state index < -0.39 is 17.7 Å². The lowest BCUT2D eigenvalue weighted by atomic mass is 10.1. The van der Waals surface area contributed by atoms with Crippen LogP contribution in [-0.2, 0) is 0 Å². The highest BCUT2D eigenvalue weighted by molar-refractivity contribution is 6.02. The number of methoxy groups -OCH3 is 1. The van der Waals surface area contributed by atoms with E-state index in [0.29, 0.717) is 28.9 Å². The van der Waals surface area contributed by atoms with Crippen molar-refractivity contribution in [3.05, 3.63) is 59.8 Å². The number of anilines is 2. The molecule has 2 aromatic carbocycles. The number of carbonyl (C=O) groups excluding carboxylic acids is 1. The molecule has 8 heteroatoms. The Bertz CT molecular complexity index is 956. The van der Waals surface area contributed by atoms with Crippen LogP contribution in [0.15, 0.2) is 42.5 Å². The molecule has 0 bridgehead atoms. The number of aryl methyl sites for hydroxylation is 1. The third kappa shape index (κ3) is 3.64. The summed E-state index contributed by atoms with van der Waals surface area (Å²) in [7, 11) is 1.55. The molecular formula is C18H16F2N4O2. The van der Waals surface area contributed by atoms with E-state index in [2.05, 4.69) is 20.8 Å². The fraction of sp³-hybridized carbons (Fsp3) is 0.111. The summed E-state index contributed by atoms with van der Waals surface area (Å²) < 4.78 is 31.8. The highest BCUT2D eigenvalue weighted by Crippen LogP contribution is 2.30. The fourth-order valence-corrected chi connectivity index (χ4v) is 2.42. The van der Waals surface area contributed by atoms with Gasteiger partial charge in [-0.25, -0.2) is 13.6 Å². The molecule has 0 fully saturated rings. The van der Waals surface area contributed by atoms with E-state index in [9.17, 15) is 13.6 Å². The van der Waals surface area contributed by atoms with Crippen LogP contribution in [0.5, 0.6) is 5.75 Å². The van der Waals surface area contributed by atoms with Gasteiger partial charge in [-0.3, -0.25) is 5.10 Å². The SMILES string of the molecule is COc1cccc(-c2n[nH]c(C)c2NC(=O)Nc2ccc(F)cc2F)c1. The number of nitrogens with one attached hydrogen (secondary N) is 3. The summed E-state index contributed by atoms with van der Waals surface area (Å²) in [5.74, 6) is -0.941. The van der Waals surface area contributed by atoms with Gasteiger partial charge >= 0.3 is 6.03 Å². The average molecular weight is 358 g/mol.